The number of H-pyrrole nitrogens is 1. The fourth-order valence-electron chi connectivity index (χ4n) is 2.17. The van der Waals surface area contributed by atoms with Crippen LogP contribution in [0, 0.1) is 0 Å². The molecule has 3 rings (SSSR count). The van der Waals surface area contributed by atoms with Crippen LogP contribution in [0.2, 0.25) is 0 Å². The zero-order chi connectivity index (χ0) is 13.4. The van der Waals surface area contributed by atoms with E-state index < -0.39 is 0 Å². The zero-order valence-electron chi connectivity index (χ0n) is 11.0. The summed E-state index contributed by atoms with van der Waals surface area (Å²) in [6.45, 7) is 0. The van der Waals surface area contributed by atoms with Crippen LogP contribution in [0.1, 0.15) is 0 Å². The number of nitrogen functional groups attached to an aromatic ring is 1. The van der Waals surface area contributed by atoms with Gasteiger partial charge >= 0.3 is 0 Å². The average Bonchev–Trinajstić information content (AvgIpc) is 2.80. The molecule has 96 valence electrons. The third-order valence-corrected chi connectivity index (χ3v) is 3.31. The molecule has 0 aliphatic heterocycles. The Kier molecular flexibility index (Phi) is 2.63. The number of anilines is 2. The zero-order valence-corrected chi connectivity index (χ0v) is 11.0. The molecule has 2 aromatic carbocycles. The van der Waals surface area contributed by atoms with Crippen molar-refractivity contribution in [1.29, 1.82) is 0 Å². The number of nitrogens with one attached hydrogen (secondary N) is 1. The Balaban J connectivity index is 2.05. The summed E-state index contributed by atoms with van der Waals surface area (Å²) in [5, 5.41) is 7.89. The summed E-state index contributed by atoms with van der Waals surface area (Å²) in [4.78, 5) is 2.08. The molecule has 0 fully saturated rings. The first-order chi connectivity index (χ1) is 9.15. The van der Waals surface area contributed by atoms with E-state index >= 15 is 0 Å². The van der Waals surface area contributed by atoms with Gasteiger partial charge in [-0.15, -0.1) is 0 Å². The van der Waals surface area contributed by atoms with Gasteiger partial charge in [-0.05, 0) is 35.4 Å². The second-order valence-corrected chi connectivity index (χ2v) is 4.81. The lowest BCUT2D eigenvalue weighted by atomic mass is 10.0. The lowest BCUT2D eigenvalue weighted by Crippen LogP contribution is -2.07. The van der Waals surface area contributed by atoms with Crippen molar-refractivity contribution < 1.29 is 0 Å². The molecule has 0 bridgehead atoms. The smallest absolute Gasteiger partial charge is 0.153 e. The highest BCUT2D eigenvalue weighted by molar-refractivity contribution is 5.92. The minimum atomic E-state index is 0.543. The summed E-state index contributed by atoms with van der Waals surface area (Å²) in [7, 11) is 4.07. The standard InChI is InChI=1S/C15H16N4/c1-19(2)12-6-3-10(4-7-12)11-5-8-14-13(9-11)15(16)18-17-14/h3-9H,1-2H3,(H3,16,17,18). The van der Waals surface area contributed by atoms with E-state index in [0.717, 1.165) is 16.5 Å². The van der Waals surface area contributed by atoms with E-state index in [9.17, 15) is 0 Å². The van der Waals surface area contributed by atoms with E-state index in [-0.39, 0.29) is 0 Å². The Morgan fingerprint density at radius 3 is 2.37 bits per heavy atom. The maximum Gasteiger partial charge on any atom is 0.153 e. The second-order valence-electron chi connectivity index (χ2n) is 4.81. The molecule has 1 heterocycles. The van der Waals surface area contributed by atoms with Crippen molar-refractivity contribution in [2.75, 3.05) is 24.7 Å². The van der Waals surface area contributed by atoms with Gasteiger partial charge in [0.15, 0.2) is 5.82 Å². The van der Waals surface area contributed by atoms with Crippen LogP contribution < -0.4 is 10.6 Å². The third kappa shape index (κ3) is 2.01. The van der Waals surface area contributed by atoms with Crippen LogP contribution in [0.15, 0.2) is 42.5 Å². The van der Waals surface area contributed by atoms with E-state index in [1.54, 1.807) is 0 Å². The number of aromatic nitrogens is 2. The Morgan fingerprint density at radius 2 is 1.68 bits per heavy atom. The lowest BCUT2D eigenvalue weighted by molar-refractivity contribution is 1.13. The molecule has 0 atom stereocenters. The van der Waals surface area contributed by atoms with Crippen LogP contribution in [0.5, 0.6) is 0 Å². The van der Waals surface area contributed by atoms with Crippen LogP contribution in [-0.2, 0) is 0 Å². The minimum absolute atomic E-state index is 0.543. The Morgan fingerprint density at radius 1 is 1.00 bits per heavy atom. The Labute approximate surface area is 111 Å². The molecule has 3 aromatic rings. The highest BCUT2D eigenvalue weighted by atomic mass is 15.1. The van der Waals surface area contributed by atoms with Gasteiger partial charge in [0.2, 0.25) is 0 Å². The van der Waals surface area contributed by atoms with Crippen molar-refractivity contribution in [3.8, 4) is 11.1 Å². The molecule has 19 heavy (non-hydrogen) atoms. The van der Waals surface area contributed by atoms with Crippen molar-refractivity contribution in [1.82, 2.24) is 10.2 Å². The first-order valence-electron chi connectivity index (χ1n) is 6.16. The van der Waals surface area contributed by atoms with E-state index in [1.807, 2.05) is 20.2 Å². The van der Waals surface area contributed by atoms with Gasteiger partial charge in [-0.1, -0.05) is 18.2 Å². The molecule has 4 heteroatoms. The molecule has 0 amide bonds. The maximum atomic E-state index is 5.84. The normalized spacial score (nSPS) is 10.8. The van der Waals surface area contributed by atoms with Crippen molar-refractivity contribution in [2.45, 2.75) is 0 Å². The van der Waals surface area contributed by atoms with Gasteiger partial charge in [0, 0.05) is 25.2 Å². The quantitative estimate of drug-likeness (QED) is 0.737. The Hall–Kier alpha value is -2.49. The van der Waals surface area contributed by atoms with Gasteiger partial charge in [-0.2, -0.15) is 5.10 Å². The number of aromatic amines is 1. The predicted molar refractivity (Wildman–Crippen MR) is 80.3 cm³/mol. The number of rotatable bonds is 2. The van der Waals surface area contributed by atoms with Gasteiger partial charge in [0.05, 0.1) is 5.52 Å². The number of hydrogen-bond donors (Lipinski definition) is 2. The van der Waals surface area contributed by atoms with E-state index in [2.05, 4.69) is 51.5 Å². The van der Waals surface area contributed by atoms with E-state index in [0.29, 0.717) is 5.82 Å². The molecule has 0 aliphatic carbocycles. The number of fused-ring (bicyclic) bond motifs is 1. The molecule has 0 spiro atoms. The molecule has 0 saturated carbocycles. The highest BCUT2D eigenvalue weighted by Gasteiger charge is 2.05. The molecule has 0 unspecified atom stereocenters. The SMILES string of the molecule is CN(C)c1ccc(-c2ccc3[nH]nc(N)c3c2)cc1. The maximum absolute atomic E-state index is 5.84. The number of benzene rings is 2. The third-order valence-electron chi connectivity index (χ3n) is 3.31. The first-order valence-corrected chi connectivity index (χ1v) is 6.16. The van der Waals surface area contributed by atoms with E-state index in [1.165, 1.54) is 11.3 Å². The lowest BCUT2D eigenvalue weighted by Gasteiger charge is -2.12. The summed E-state index contributed by atoms with van der Waals surface area (Å²) in [6, 6.07) is 14.6. The van der Waals surface area contributed by atoms with Gasteiger partial charge in [0.25, 0.3) is 0 Å². The second kappa shape index (κ2) is 4.31. The van der Waals surface area contributed by atoms with Crippen LogP contribution in [0.4, 0.5) is 11.5 Å². The summed E-state index contributed by atoms with van der Waals surface area (Å²) < 4.78 is 0. The van der Waals surface area contributed by atoms with Crippen molar-refractivity contribution in [3.63, 3.8) is 0 Å². The summed E-state index contributed by atoms with van der Waals surface area (Å²) in [5.74, 6) is 0.543. The topological polar surface area (TPSA) is 57.9 Å². The first kappa shape index (κ1) is 11.6. The molecule has 0 aliphatic rings. The van der Waals surface area contributed by atoms with Crippen LogP contribution in [0.25, 0.3) is 22.0 Å². The molecule has 3 N–H and O–H groups in total. The molecule has 0 radical (unpaired) electrons. The fraction of sp³-hybridized carbons (Fsp3) is 0.133. The number of nitrogens with two attached hydrogens (primary N) is 1. The average molecular weight is 252 g/mol. The van der Waals surface area contributed by atoms with Gasteiger partial charge in [0.1, 0.15) is 0 Å². The molecule has 4 nitrogen and oxygen atoms in total. The molecule has 1 aromatic heterocycles. The predicted octanol–water partition coefficient (Wildman–Crippen LogP) is 2.88. The van der Waals surface area contributed by atoms with E-state index in [4.69, 9.17) is 5.73 Å². The highest BCUT2D eigenvalue weighted by Crippen LogP contribution is 2.27. The summed E-state index contributed by atoms with van der Waals surface area (Å²) in [5.41, 5.74) is 10.3. The van der Waals surface area contributed by atoms with Crippen molar-refractivity contribution in [3.05, 3.63) is 42.5 Å². The molecule has 0 saturated heterocycles. The van der Waals surface area contributed by atoms with Gasteiger partial charge in [-0.3, -0.25) is 5.10 Å². The number of nitrogens with zero attached hydrogens (tertiary/aromatic N) is 2. The van der Waals surface area contributed by atoms with Gasteiger partial charge < -0.3 is 10.6 Å². The van der Waals surface area contributed by atoms with Crippen LogP contribution >= 0.6 is 0 Å². The summed E-state index contributed by atoms with van der Waals surface area (Å²) >= 11 is 0. The monoisotopic (exact) mass is 252 g/mol. The fourth-order valence-corrected chi connectivity index (χ4v) is 2.17. The largest absolute Gasteiger partial charge is 0.382 e. The number of hydrogen-bond acceptors (Lipinski definition) is 3. The van der Waals surface area contributed by atoms with Crippen LogP contribution in [0.3, 0.4) is 0 Å². The molecular formula is C15H16N4. The van der Waals surface area contributed by atoms with Gasteiger partial charge in [-0.25, -0.2) is 0 Å². The molecular weight excluding hydrogens is 236 g/mol. The Bertz CT molecular complexity index is 711. The van der Waals surface area contributed by atoms with Crippen molar-refractivity contribution in [2.24, 2.45) is 0 Å². The minimum Gasteiger partial charge on any atom is -0.382 e. The van der Waals surface area contributed by atoms with Crippen molar-refractivity contribution >= 4 is 22.4 Å². The summed E-state index contributed by atoms with van der Waals surface area (Å²) in [6.07, 6.45) is 0. The van der Waals surface area contributed by atoms with Crippen LogP contribution in [-0.4, -0.2) is 24.3 Å².